The SMILES string of the molecule is C#CC1CC(=O)N(c2cc(C)c(Cl)cc2C)C1. The van der Waals surface area contributed by atoms with E-state index in [4.69, 9.17) is 18.0 Å². The molecule has 0 N–H and O–H groups in total. The van der Waals surface area contributed by atoms with Crippen molar-refractivity contribution in [2.45, 2.75) is 20.3 Å². The number of anilines is 1. The zero-order valence-electron chi connectivity index (χ0n) is 9.96. The van der Waals surface area contributed by atoms with Crippen molar-refractivity contribution >= 4 is 23.2 Å². The Morgan fingerprint density at radius 1 is 1.41 bits per heavy atom. The number of nitrogens with zero attached hydrogens (tertiary/aromatic N) is 1. The van der Waals surface area contributed by atoms with Crippen molar-refractivity contribution in [3.63, 3.8) is 0 Å². The smallest absolute Gasteiger partial charge is 0.228 e. The third kappa shape index (κ3) is 2.16. The lowest BCUT2D eigenvalue weighted by atomic mass is 10.1. The van der Waals surface area contributed by atoms with E-state index in [1.165, 1.54) is 0 Å². The van der Waals surface area contributed by atoms with Gasteiger partial charge < -0.3 is 4.90 Å². The third-order valence-electron chi connectivity index (χ3n) is 3.13. The Balaban J connectivity index is 2.39. The molecule has 1 heterocycles. The third-order valence-corrected chi connectivity index (χ3v) is 3.54. The van der Waals surface area contributed by atoms with Gasteiger partial charge in [0.25, 0.3) is 0 Å². The number of terminal acetylenes is 1. The predicted octanol–water partition coefficient (Wildman–Crippen LogP) is 2.94. The largest absolute Gasteiger partial charge is 0.311 e. The van der Waals surface area contributed by atoms with Crippen LogP contribution in [0.2, 0.25) is 5.02 Å². The Morgan fingerprint density at radius 3 is 2.71 bits per heavy atom. The fourth-order valence-corrected chi connectivity index (χ4v) is 2.33. The summed E-state index contributed by atoms with van der Waals surface area (Å²) < 4.78 is 0. The summed E-state index contributed by atoms with van der Waals surface area (Å²) in [6, 6.07) is 3.84. The summed E-state index contributed by atoms with van der Waals surface area (Å²) in [7, 11) is 0. The average Bonchev–Trinajstić information content (AvgIpc) is 2.65. The molecule has 1 aromatic rings. The molecule has 1 aliphatic heterocycles. The van der Waals surface area contributed by atoms with Crippen LogP contribution < -0.4 is 4.90 Å². The molecule has 1 aromatic carbocycles. The van der Waals surface area contributed by atoms with Crippen molar-refractivity contribution in [3.05, 3.63) is 28.3 Å². The summed E-state index contributed by atoms with van der Waals surface area (Å²) in [6.07, 6.45) is 5.82. The first kappa shape index (κ1) is 12.0. The molecule has 1 amide bonds. The van der Waals surface area contributed by atoms with E-state index in [9.17, 15) is 4.79 Å². The molecule has 3 heteroatoms. The summed E-state index contributed by atoms with van der Waals surface area (Å²) in [4.78, 5) is 13.7. The Kier molecular flexibility index (Phi) is 3.13. The van der Waals surface area contributed by atoms with Crippen LogP contribution in [0, 0.1) is 32.1 Å². The highest BCUT2D eigenvalue weighted by molar-refractivity contribution is 6.31. The molecule has 1 atom stereocenters. The van der Waals surface area contributed by atoms with E-state index in [1.807, 2.05) is 26.0 Å². The molecule has 1 unspecified atom stereocenters. The van der Waals surface area contributed by atoms with Crippen molar-refractivity contribution in [2.75, 3.05) is 11.4 Å². The zero-order valence-corrected chi connectivity index (χ0v) is 10.7. The molecule has 0 saturated carbocycles. The van der Waals surface area contributed by atoms with Crippen LogP contribution in [0.15, 0.2) is 12.1 Å². The van der Waals surface area contributed by atoms with Gasteiger partial charge in [-0.1, -0.05) is 11.6 Å². The van der Waals surface area contributed by atoms with Gasteiger partial charge in [0.1, 0.15) is 0 Å². The molecule has 1 fully saturated rings. The summed E-state index contributed by atoms with van der Waals surface area (Å²) in [5.74, 6) is 2.77. The van der Waals surface area contributed by atoms with Gasteiger partial charge in [0.2, 0.25) is 5.91 Å². The van der Waals surface area contributed by atoms with E-state index >= 15 is 0 Å². The van der Waals surface area contributed by atoms with E-state index in [-0.39, 0.29) is 11.8 Å². The first-order valence-corrected chi connectivity index (χ1v) is 5.94. The molecule has 2 rings (SSSR count). The molecule has 17 heavy (non-hydrogen) atoms. The number of benzene rings is 1. The van der Waals surface area contributed by atoms with Crippen LogP contribution >= 0.6 is 11.6 Å². The van der Waals surface area contributed by atoms with Gasteiger partial charge in [0.05, 0.1) is 0 Å². The summed E-state index contributed by atoms with van der Waals surface area (Å²) in [5.41, 5.74) is 2.91. The summed E-state index contributed by atoms with van der Waals surface area (Å²) in [5, 5.41) is 0.728. The molecular formula is C14H14ClNO. The lowest BCUT2D eigenvalue weighted by Gasteiger charge is -2.19. The van der Waals surface area contributed by atoms with Crippen LogP contribution in [0.5, 0.6) is 0 Å². The quantitative estimate of drug-likeness (QED) is 0.699. The van der Waals surface area contributed by atoms with Crippen molar-refractivity contribution in [3.8, 4) is 12.3 Å². The number of halogens is 1. The fraction of sp³-hybridized carbons (Fsp3) is 0.357. The number of hydrogen-bond donors (Lipinski definition) is 0. The second kappa shape index (κ2) is 4.43. The predicted molar refractivity (Wildman–Crippen MR) is 70.2 cm³/mol. The normalized spacial score (nSPS) is 19.5. The van der Waals surface area contributed by atoms with E-state index in [0.717, 1.165) is 21.8 Å². The van der Waals surface area contributed by atoms with Crippen LogP contribution in [0.3, 0.4) is 0 Å². The molecule has 0 aromatic heterocycles. The monoisotopic (exact) mass is 247 g/mol. The minimum Gasteiger partial charge on any atom is -0.311 e. The van der Waals surface area contributed by atoms with Crippen molar-refractivity contribution in [1.29, 1.82) is 0 Å². The standard InChI is InChI=1S/C14H14ClNO/c1-4-11-7-14(17)16(8-11)13-6-9(2)12(15)5-10(13)3/h1,5-6,11H,7-8H2,2-3H3. The van der Waals surface area contributed by atoms with E-state index in [1.54, 1.807) is 4.90 Å². The van der Waals surface area contributed by atoms with Gasteiger partial charge in [-0.25, -0.2) is 0 Å². The maximum atomic E-state index is 11.9. The van der Waals surface area contributed by atoms with E-state index in [2.05, 4.69) is 5.92 Å². The second-order valence-electron chi connectivity index (χ2n) is 4.46. The lowest BCUT2D eigenvalue weighted by Crippen LogP contribution is -2.25. The van der Waals surface area contributed by atoms with Gasteiger partial charge in [0.15, 0.2) is 0 Å². The minimum atomic E-state index is 0.0258. The van der Waals surface area contributed by atoms with E-state index in [0.29, 0.717) is 13.0 Å². The molecule has 1 saturated heterocycles. The maximum Gasteiger partial charge on any atom is 0.228 e. The minimum absolute atomic E-state index is 0.0258. The molecule has 0 bridgehead atoms. The first-order valence-electron chi connectivity index (χ1n) is 5.56. The van der Waals surface area contributed by atoms with Crippen LogP contribution in [-0.4, -0.2) is 12.5 Å². The van der Waals surface area contributed by atoms with Gasteiger partial charge in [-0.15, -0.1) is 12.3 Å². The molecule has 2 nitrogen and oxygen atoms in total. The highest BCUT2D eigenvalue weighted by Gasteiger charge is 2.30. The molecule has 1 aliphatic rings. The number of amides is 1. The van der Waals surface area contributed by atoms with Crippen LogP contribution in [-0.2, 0) is 4.79 Å². The summed E-state index contributed by atoms with van der Waals surface area (Å²) in [6.45, 7) is 4.50. The fourth-order valence-electron chi connectivity index (χ4n) is 2.11. The number of aryl methyl sites for hydroxylation is 2. The number of rotatable bonds is 1. The Bertz CT molecular complexity index is 516. The topological polar surface area (TPSA) is 20.3 Å². The number of carbonyl (C=O) groups excluding carboxylic acids is 1. The molecule has 0 radical (unpaired) electrons. The van der Waals surface area contributed by atoms with Gasteiger partial charge in [-0.05, 0) is 37.1 Å². The summed E-state index contributed by atoms with van der Waals surface area (Å²) >= 11 is 6.05. The van der Waals surface area contributed by atoms with Crippen LogP contribution in [0.25, 0.3) is 0 Å². The van der Waals surface area contributed by atoms with Gasteiger partial charge >= 0.3 is 0 Å². The van der Waals surface area contributed by atoms with Crippen LogP contribution in [0.4, 0.5) is 5.69 Å². The van der Waals surface area contributed by atoms with Gasteiger partial charge in [0, 0.05) is 29.6 Å². The Hall–Kier alpha value is -1.46. The number of carbonyl (C=O) groups is 1. The molecule has 0 aliphatic carbocycles. The molecular weight excluding hydrogens is 234 g/mol. The maximum absolute atomic E-state index is 11.9. The van der Waals surface area contributed by atoms with Gasteiger partial charge in [-0.2, -0.15) is 0 Å². The highest BCUT2D eigenvalue weighted by Crippen LogP contribution is 2.31. The van der Waals surface area contributed by atoms with Crippen LogP contribution in [0.1, 0.15) is 17.5 Å². The first-order chi connectivity index (χ1) is 8.02. The average molecular weight is 248 g/mol. The molecule has 88 valence electrons. The van der Waals surface area contributed by atoms with Crippen molar-refractivity contribution < 1.29 is 4.79 Å². The lowest BCUT2D eigenvalue weighted by molar-refractivity contribution is -0.117. The second-order valence-corrected chi connectivity index (χ2v) is 4.87. The highest BCUT2D eigenvalue weighted by atomic mass is 35.5. The van der Waals surface area contributed by atoms with Crippen molar-refractivity contribution in [1.82, 2.24) is 0 Å². The van der Waals surface area contributed by atoms with Crippen molar-refractivity contribution in [2.24, 2.45) is 5.92 Å². The molecule has 0 spiro atoms. The Labute approximate surface area is 107 Å². The van der Waals surface area contributed by atoms with Gasteiger partial charge in [-0.3, -0.25) is 4.79 Å². The Morgan fingerprint density at radius 2 is 2.12 bits per heavy atom. The zero-order chi connectivity index (χ0) is 12.6. The number of hydrogen-bond acceptors (Lipinski definition) is 1. The van der Waals surface area contributed by atoms with E-state index < -0.39 is 0 Å².